The number of halogens is 1. The molecule has 0 unspecified atom stereocenters. The number of hydrogen-bond donors (Lipinski definition) is 1. The zero-order valence-electron chi connectivity index (χ0n) is 9.62. The summed E-state index contributed by atoms with van der Waals surface area (Å²) in [6.07, 6.45) is 6.08. The Morgan fingerprint density at radius 2 is 2.06 bits per heavy atom. The quantitative estimate of drug-likeness (QED) is 0.752. The molecule has 0 aromatic heterocycles. The molecule has 1 saturated heterocycles. The lowest BCUT2D eigenvalue weighted by Gasteiger charge is -2.37. The van der Waals surface area contributed by atoms with Gasteiger partial charge in [-0.2, -0.15) is 0 Å². The number of carbonyl (C=O) groups is 1. The third-order valence-electron chi connectivity index (χ3n) is 4.35. The average molecular weight is 246 g/mol. The Morgan fingerprint density at radius 1 is 1.38 bits per heavy atom. The van der Waals surface area contributed by atoms with E-state index in [-0.39, 0.29) is 29.7 Å². The van der Waals surface area contributed by atoms with Crippen LogP contribution in [0.2, 0.25) is 0 Å². The average Bonchev–Trinajstić information content (AvgIpc) is 2.67. The fraction of sp³-hybridized carbons (Fsp3) is 0.917. The van der Waals surface area contributed by atoms with Gasteiger partial charge in [-0.1, -0.05) is 19.3 Å². The van der Waals surface area contributed by atoms with Gasteiger partial charge in [0.05, 0.1) is 0 Å². The number of aliphatic hydroxyl groups is 1. The minimum Gasteiger partial charge on any atom is -0.396 e. The lowest BCUT2D eigenvalue weighted by Crippen LogP contribution is -2.35. The molecule has 1 amide bonds. The molecule has 2 aliphatic rings. The van der Waals surface area contributed by atoms with Crippen molar-refractivity contribution < 1.29 is 9.90 Å². The maximum absolute atomic E-state index is 11.6. The monoisotopic (exact) mass is 245 g/mol. The van der Waals surface area contributed by atoms with Gasteiger partial charge in [-0.05, 0) is 18.3 Å². The van der Waals surface area contributed by atoms with Crippen LogP contribution in [0, 0.1) is 11.3 Å². The van der Waals surface area contributed by atoms with Crippen molar-refractivity contribution in [2.24, 2.45) is 11.3 Å². The Hall–Kier alpha value is -0.280. The number of carbonyl (C=O) groups excluding carboxylic acids is 1. The van der Waals surface area contributed by atoms with E-state index in [0.29, 0.717) is 6.54 Å². The molecule has 1 spiro atoms. The fourth-order valence-electron chi connectivity index (χ4n) is 3.38. The number of rotatable bonds is 2. The molecule has 2 fully saturated rings. The molecule has 1 atom stereocenters. The molecule has 1 heterocycles. The van der Waals surface area contributed by atoms with Gasteiger partial charge >= 0.3 is 0 Å². The highest BCUT2D eigenvalue weighted by molar-refractivity contribution is 6.27. The molecule has 1 aliphatic carbocycles. The van der Waals surface area contributed by atoms with Crippen LogP contribution in [-0.4, -0.2) is 41.5 Å². The summed E-state index contributed by atoms with van der Waals surface area (Å²) >= 11 is 5.60. The molecule has 16 heavy (non-hydrogen) atoms. The van der Waals surface area contributed by atoms with Gasteiger partial charge in [0.25, 0.3) is 0 Å². The summed E-state index contributed by atoms with van der Waals surface area (Å²) in [6.45, 7) is 1.71. The van der Waals surface area contributed by atoms with Crippen molar-refractivity contribution in [1.29, 1.82) is 0 Å². The number of hydrogen-bond acceptors (Lipinski definition) is 2. The van der Waals surface area contributed by atoms with Crippen molar-refractivity contribution in [3.63, 3.8) is 0 Å². The number of alkyl halides is 1. The molecule has 1 aliphatic heterocycles. The Bertz CT molecular complexity index is 264. The van der Waals surface area contributed by atoms with Crippen molar-refractivity contribution in [2.75, 3.05) is 25.6 Å². The van der Waals surface area contributed by atoms with Gasteiger partial charge in [-0.15, -0.1) is 11.6 Å². The molecule has 0 aromatic rings. The third-order valence-corrected chi connectivity index (χ3v) is 4.58. The van der Waals surface area contributed by atoms with E-state index in [4.69, 9.17) is 11.6 Å². The molecule has 0 radical (unpaired) electrons. The first-order valence-corrected chi connectivity index (χ1v) is 6.70. The van der Waals surface area contributed by atoms with Gasteiger partial charge in [0.15, 0.2) is 0 Å². The van der Waals surface area contributed by atoms with E-state index in [9.17, 15) is 9.90 Å². The maximum atomic E-state index is 11.6. The van der Waals surface area contributed by atoms with Gasteiger partial charge in [-0.25, -0.2) is 0 Å². The van der Waals surface area contributed by atoms with Crippen LogP contribution in [0.25, 0.3) is 0 Å². The summed E-state index contributed by atoms with van der Waals surface area (Å²) in [5.41, 5.74) is 0.189. The van der Waals surface area contributed by atoms with Crippen LogP contribution in [0.5, 0.6) is 0 Å². The van der Waals surface area contributed by atoms with Gasteiger partial charge < -0.3 is 10.0 Å². The van der Waals surface area contributed by atoms with E-state index in [1.54, 1.807) is 0 Å². The van der Waals surface area contributed by atoms with Crippen LogP contribution in [0.4, 0.5) is 0 Å². The highest BCUT2D eigenvalue weighted by atomic mass is 35.5. The van der Waals surface area contributed by atoms with Crippen molar-refractivity contribution in [3.8, 4) is 0 Å². The lowest BCUT2D eigenvalue weighted by atomic mass is 9.68. The summed E-state index contributed by atoms with van der Waals surface area (Å²) in [5.74, 6) is 0.344. The minimum absolute atomic E-state index is 0.0163. The predicted molar refractivity (Wildman–Crippen MR) is 63.4 cm³/mol. The van der Waals surface area contributed by atoms with E-state index in [2.05, 4.69) is 0 Å². The molecule has 92 valence electrons. The highest BCUT2D eigenvalue weighted by Crippen LogP contribution is 2.47. The highest BCUT2D eigenvalue weighted by Gasteiger charge is 2.47. The van der Waals surface area contributed by atoms with Crippen LogP contribution in [0.15, 0.2) is 0 Å². The molecule has 2 rings (SSSR count). The van der Waals surface area contributed by atoms with Crippen molar-refractivity contribution in [3.05, 3.63) is 0 Å². The number of likely N-dealkylation sites (tertiary alicyclic amines) is 1. The largest absolute Gasteiger partial charge is 0.396 e. The second-order valence-electron chi connectivity index (χ2n) is 5.21. The van der Waals surface area contributed by atoms with E-state index in [0.717, 1.165) is 19.4 Å². The van der Waals surface area contributed by atoms with E-state index >= 15 is 0 Å². The standard InChI is InChI=1S/C12H20ClNO2/c13-6-11(16)14-7-10(8-15)12(9-14)4-2-1-3-5-12/h10,15H,1-9H2/t10-/m1/s1. The van der Waals surface area contributed by atoms with Gasteiger partial charge in [0, 0.05) is 25.6 Å². The summed E-state index contributed by atoms with van der Waals surface area (Å²) in [6, 6.07) is 0. The SMILES string of the molecule is O=C(CCl)N1C[C@H](CO)C2(CCCCC2)C1. The first kappa shape index (κ1) is 12.2. The Balaban J connectivity index is 2.09. The smallest absolute Gasteiger partial charge is 0.237 e. The molecule has 3 nitrogen and oxygen atoms in total. The fourth-order valence-corrected chi connectivity index (χ4v) is 3.55. The van der Waals surface area contributed by atoms with Crippen LogP contribution >= 0.6 is 11.6 Å². The topological polar surface area (TPSA) is 40.5 Å². The second-order valence-corrected chi connectivity index (χ2v) is 5.48. The van der Waals surface area contributed by atoms with Crippen LogP contribution in [0.1, 0.15) is 32.1 Å². The molecule has 1 N–H and O–H groups in total. The van der Waals surface area contributed by atoms with E-state index in [1.165, 1.54) is 19.3 Å². The number of amides is 1. The first-order valence-electron chi connectivity index (χ1n) is 6.16. The van der Waals surface area contributed by atoms with Gasteiger partial charge in [-0.3, -0.25) is 4.79 Å². The Morgan fingerprint density at radius 3 is 2.62 bits per heavy atom. The van der Waals surface area contributed by atoms with Gasteiger partial charge in [0.1, 0.15) is 5.88 Å². The zero-order valence-corrected chi connectivity index (χ0v) is 10.4. The molecular formula is C12H20ClNO2. The summed E-state index contributed by atoms with van der Waals surface area (Å²) in [4.78, 5) is 13.5. The first-order chi connectivity index (χ1) is 7.72. The predicted octanol–water partition coefficient (Wildman–Crippen LogP) is 1.63. The lowest BCUT2D eigenvalue weighted by molar-refractivity contribution is -0.128. The summed E-state index contributed by atoms with van der Waals surface area (Å²) in [5, 5.41) is 9.48. The number of nitrogens with zero attached hydrogens (tertiary/aromatic N) is 1. The molecule has 1 saturated carbocycles. The Labute approximate surface area is 102 Å². The van der Waals surface area contributed by atoms with Crippen LogP contribution in [-0.2, 0) is 4.79 Å². The third kappa shape index (κ3) is 2.07. The van der Waals surface area contributed by atoms with E-state index < -0.39 is 0 Å². The van der Waals surface area contributed by atoms with Crippen LogP contribution < -0.4 is 0 Å². The molecule has 0 aromatic carbocycles. The second kappa shape index (κ2) is 4.92. The molecular weight excluding hydrogens is 226 g/mol. The van der Waals surface area contributed by atoms with Gasteiger partial charge in [0.2, 0.25) is 5.91 Å². The normalized spacial score (nSPS) is 28.6. The van der Waals surface area contributed by atoms with Crippen molar-refractivity contribution in [2.45, 2.75) is 32.1 Å². The summed E-state index contributed by atoms with van der Waals surface area (Å²) in [7, 11) is 0. The van der Waals surface area contributed by atoms with Crippen LogP contribution in [0.3, 0.4) is 0 Å². The summed E-state index contributed by atoms with van der Waals surface area (Å²) < 4.78 is 0. The minimum atomic E-state index is 0.0163. The van der Waals surface area contributed by atoms with E-state index in [1.807, 2.05) is 4.90 Å². The zero-order chi connectivity index (χ0) is 11.6. The number of aliphatic hydroxyl groups excluding tert-OH is 1. The Kier molecular flexibility index (Phi) is 3.75. The molecule has 4 heteroatoms. The van der Waals surface area contributed by atoms with Crippen molar-refractivity contribution in [1.82, 2.24) is 4.90 Å². The van der Waals surface area contributed by atoms with Crippen molar-refractivity contribution >= 4 is 17.5 Å². The maximum Gasteiger partial charge on any atom is 0.237 e. The molecule has 0 bridgehead atoms.